The number of rotatable bonds is 10. The lowest BCUT2D eigenvalue weighted by Gasteiger charge is -2.29. The molecule has 2 rings (SSSR count). The molecular formula is C21H27ClO2. The van der Waals surface area contributed by atoms with Gasteiger partial charge in [0.25, 0.3) is 5.24 Å². The van der Waals surface area contributed by atoms with Gasteiger partial charge in [-0.3, -0.25) is 4.79 Å². The van der Waals surface area contributed by atoms with Gasteiger partial charge in [-0.25, -0.2) is 0 Å². The maximum Gasteiger partial charge on any atom is 0.257 e. The smallest absolute Gasteiger partial charge is 0.257 e. The Kier molecular flexibility index (Phi) is 7.74. The first-order valence-electron chi connectivity index (χ1n) is 8.96. The number of carbonyl (C=O) groups excluding carboxylic acids is 1. The second-order valence-corrected chi connectivity index (χ2v) is 6.69. The molecule has 3 heteroatoms. The molecule has 0 radical (unpaired) electrons. The number of halogens is 1. The lowest BCUT2D eigenvalue weighted by atomic mass is 9.90. The van der Waals surface area contributed by atoms with Crippen LogP contribution in [0.25, 0.3) is 5.57 Å². The molecule has 0 N–H and O–H groups in total. The minimum atomic E-state index is -0.997. The zero-order chi connectivity index (χ0) is 17.3. The zero-order valence-electron chi connectivity index (χ0n) is 14.5. The van der Waals surface area contributed by atoms with E-state index >= 15 is 0 Å². The molecule has 1 aromatic carbocycles. The molecule has 2 nitrogen and oxygen atoms in total. The Hall–Kier alpha value is -1.38. The molecule has 0 fully saturated rings. The van der Waals surface area contributed by atoms with Crippen LogP contribution in [0.1, 0.15) is 57.4 Å². The van der Waals surface area contributed by atoms with Gasteiger partial charge < -0.3 is 4.74 Å². The molecule has 0 saturated heterocycles. The van der Waals surface area contributed by atoms with Crippen molar-refractivity contribution >= 4 is 22.4 Å². The van der Waals surface area contributed by atoms with E-state index in [4.69, 9.17) is 16.3 Å². The largest absolute Gasteiger partial charge is 0.361 e. The average Bonchev–Trinajstić information content (AvgIpc) is 2.62. The fraction of sp³-hybridized carbons (Fsp3) is 0.476. The molecule has 1 unspecified atom stereocenters. The lowest BCUT2D eigenvalue weighted by Crippen LogP contribution is -2.38. The molecule has 0 spiro atoms. The second kappa shape index (κ2) is 9.80. The summed E-state index contributed by atoms with van der Waals surface area (Å²) < 4.78 is 5.91. The van der Waals surface area contributed by atoms with Gasteiger partial charge in [0.2, 0.25) is 0 Å². The summed E-state index contributed by atoms with van der Waals surface area (Å²) in [6, 6.07) is 10.1. The summed E-state index contributed by atoms with van der Waals surface area (Å²) in [5.74, 6) is 0. The number of allylic oxidation sites excluding steroid dienone is 2. The average molecular weight is 347 g/mol. The molecule has 0 aromatic heterocycles. The highest BCUT2D eigenvalue weighted by Gasteiger charge is 2.36. The molecule has 0 bridgehead atoms. The molecule has 1 aliphatic carbocycles. The monoisotopic (exact) mass is 346 g/mol. The van der Waals surface area contributed by atoms with E-state index in [1.807, 2.05) is 36.4 Å². The van der Waals surface area contributed by atoms with Gasteiger partial charge in [-0.05, 0) is 35.2 Å². The highest BCUT2D eigenvalue weighted by atomic mass is 35.5. The van der Waals surface area contributed by atoms with E-state index in [0.29, 0.717) is 13.0 Å². The van der Waals surface area contributed by atoms with Crippen LogP contribution in [0.15, 0.2) is 48.6 Å². The van der Waals surface area contributed by atoms with Crippen molar-refractivity contribution in [3.63, 3.8) is 0 Å². The first-order chi connectivity index (χ1) is 11.7. The summed E-state index contributed by atoms with van der Waals surface area (Å²) in [6.07, 6.45) is 13.5. The summed E-state index contributed by atoms with van der Waals surface area (Å²) in [4.78, 5) is 11.9. The van der Waals surface area contributed by atoms with E-state index in [9.17, 15) is 4.79 Å². The maximum absolute atomic E-state index is 11.9. The van der Waals surface area contributed by atoms with Gasteiger partial charge in [0.05, 0.1) is 0 Å². The molecule has 0 aliphatic heterocycles. The van der Waals surface area contributed by atoms with E-state index in [1.165, 1.54) is 25.7 Å². The molecule has 0 saturated carbocycles. The lowest BCUT2D eigenvalue weighted by molar-refractivity contribution is -0.130. The molecule has 24 heavy (non-hydrogen) atoms. The van der Waals surface area contributed by atoms with Gasteiger partial charge in [0, 0.05) is 13.0 Å². The van der Waals surface area contributed by atoms with Crippen LogP contribution in [0.4, 0.5) is 0 Å². The van der Waals surface area contributed by atoms with Gasteiger partial charge in [-0.15, -0.1) is 0 Å². The van der Waals surface area contributed by atoms with E-state index in [1.54, 1.807) is 0 Å². The second-order valence-electron chi connectivity index (χ2n) is 6.34. The first kappa shape index (κ1) is 19.0. The quantitative estimate of drug-likeness (QED) is 0.388. The summed E-state index contributed by atoms with van der Waals surface area (Å²) in [7, 11) is 0. The van der Waals surface area contributed by atoms with Crippen molar-refractivity contribution < 1.29 is 9.53 Å². The van der Waals surface area contributed by atoms with Crippen molar-refractivity contribution in [1.29, 1.82) is 0 Å². The van der Waals surface area contributed by atoms with Crippen molar-refractivity contribution in [3.05, 3.63) is 54.1 Å². The number of unbranched alkanes of at least 4 members (excludes halogenated alkanes) is 5. The molecule has 1 aromatic rings. The maximum atomic E-state index is 11.9. The first-order valence-corrected chi connectivity index (χ1v) is 9.34. The fourth-order valence-electron chi connectivity index (χ4n) is 2.91. The van der Waals surface area contributed by atoms with Gasteiger partial charge in [-0.2, -0.15) is 0 Å². The van der Waals surface area contributed by atoms with Crippen LogP contribution >= 0.6 is 11.6 Å². The predicted octanol–water partition coefficient (Wildman–Crippen LogP) is 5.91. The number of benzene rings is 1. The molecule has 0 heterocycles. The van der Waals surface area contributed by atoms with Crippen molar-refractivity contribution in [2.45, 2.75) is 57.5 Å². The van der Waals surface area contributed by atoms with Crippen molar-refractivity contribution in [2.24, 2.45) is 0 Å². The van der Waals surface area contributed by atoms with Crippen LogP contribution in [-0.2, 0) is 9.53 Å². The SMILES string of the molecule is CCCCCCCCOC1(C(=O)Cl)C=CC(c2ccccc2)=CC1. The fourth-order valence-corrected chi connectivity index (χ4v) is 3.11. The molecule has 130 valence electrons. The van der Waals surface area contributed by atoms with Crippen molar-refractivity contribution in [1.82, 2.24) is 0 Å². The van der Waals surface area contributed by atoms with Crippen LogP contribution in [-0.4, -0.2) is 17.5 Å². The number of carbonyl (C=O) groups is 1. The molecular weight excluding hydrogens is 320 g/mol. The standard InChI is InChI=1S/C21H27ClO2/c1-2-3-4-5-6-10-17-24-21(20(22)23)15-13-19(14-16-21)18-11-8-7-9-12-18/h7-9,11-15H,2-6,10,16-17H2,1H3. The van der Waals surface area contributed by atoms with Crippen LogP contribution in [0, 0.1) is 0 Å². The van der Waals surface area contributed by atoms with Gasteiger partial charge in [0.15, 0.2) is 5.60 Å². The van der Waals surface area contributed by atoms with Crippen molar-refractivity contribution in [2.75, 3.05) is 6.61 Å². The number of ether oxygens (including phenoxy) is 1. The Bertz CT molecular complexity index is 577. The minimum absolute atomic E-state index is 0.437. The van der Waals surface area contributed by atoms with E-state index < -0.39 is 10.8 Å². The summed E-state index contributed by atoms with van der Waals surface area (Å²) in [5.41, 5.74) is 1.25. The third kappa shape index (κ3) is 5.32. The zero-order valence-corrected chi connectivity index (χ0v) is 15.2. The summed E-state index contributed by atoms with van der Waals surface area (Å²) >= 11 is 5.84. The summed E-state index contributed by atoms with van der Waals surface area (Å²) in [5, 5.41) is -0.437. The van der Waals surface area contributed by atoms with E-state index in [-0.39, 0.29) is 0 Å². The Labute approximate surface area is 150 Å². The van der Waals surface area contributed by atoms with Gasteiger partial charge in [-0.1, -0.05) is 81.5 Å². The Morgan fingerprint density at radius 2 is 1.83 bits per heavy atom. The third-order valence-corrected chi connectivity index (χ3v) is 4.77. The third-order valence-electron chi connectivity index (χ3n) is 4.45. The number of hydrogen-bond acceptors (Lipinski definition) is 2. The number of hydrogen-bond donors (Lipinski definition) is 0. The highest BCUT2D eigenvalue weighted by Crippen LogP contribution is 2.31. The highest BCUT2D eigenvalue weighted by molar-refractivity contribution is 6.65. The van der Waals surface area contributed by atoms with Crippen LogP contribution in [0.2, 0.25) is 0 Å². The van der Waals surface area contributed by atoms with Crippen molar-refractivity contribution in [3.8, 4) is 0 Å². The Morgan fingerprint density at radius 3 is 2.46 bits per heavy atom. The molecule has 1 atom stereocenters. The van der Waals surface area contributed by atoms with Gasteiger partial charge in [0.1, 0.15) is 0 Å². The normalized spacial score (nSPS) is 20.0. The van der Waals surface area contributed by atoms with Crippen LogP contribution < -0.4 is 0 Å². The molecule has 1 aliphatic rings. The van der Waals surface area contributed by atoms with E-state index in [2.05, 4.69) is 19.1 Å². The minimum Gasteiger partial charge on any atom is -0.361 e. The molecule has 0 amide bonds. The Balaban J connectivity index is 1.86. The van der Waals surface area contributed by atoms with Crippen LogP contribution in [0.5, 0.6) is 0 Å². The Morgan fingerprint density at radius 1 is 1.12 bits per heavy atom. The predicted molar refractivity (Wildman–Crippen MR) is 101 cm³/mol. The van der Waals surface area contributed by atoms with Crippen LogP contribution in [0.3, 0.4) is 0 Å². The van der Waals surface area contributed by atoms with E-state index in [0.717, 1.165) is 24.0 Å². The summed E-state index contributed by atoms with van der Waals surface area (Å²) in [6.45, 7) is 2.79. The van der Waals surface area contributed by atoms with Gasteiger partial charge >= 0.3 is 0 Å². The topological polar surface area (TPSA) is 26.3 Å².